The first-order chi connectivity index (χ1) is 12.3. The van der Waals surface area contributed by atoms with E-state index in [1.807, 2.05) is 16.8 Å². The highest BCUT2D eigenvalue weighted by atomic mass is 16.3. The van der Waals surface area contributed by atoms with E-state index in [0.717, 1.165) is 0 Å². The van der Waals surface area contributed by atoms with Crippen LogP contribution in [-0.2, 0) is 6.54 Å². The number of aromatic amines is 1. The first-order valence-corrected chi connectivity index (χ1v) is 8.45. The van der Waals surface area contributed by atoms with Gasteiger partial charge in [0.05, 0.1) is 18.1 Å². The smallest absolute Gasteiger partial charge is 0.269 e. The summed E-state index contributed by atoms with van der Waals surface area (Å²) in [7, 11) is 0. The Balaban J connectivity index is 1.77. The van der Waals surface area contributed by atoms with E-state index in [2.05, 4.69) is 41.3 Å². The second-order valence-electron chi connectivity index (χ2n) is 7.34. The van der Waals surface area contributed by atoms with Crippen molar-refractivity contribution >= 4 is 5.91 Å². The lowest BCUT2D eigenvalue weighted by atomic mass is 9.86. The normalized spacial score (nSPS) is 12.7. The van der Waals surface area contributed by atoms with Crippen molar-refractivity contribution in [3.05, 3.63) is 54.7 Å². The molecular formula is C19H23N5O2. The molecule has 7 nitrogen and oxygen atoms in total. The van der Waals surface area contributed by atoms with E-state index in [0.29, 0.717) is 23.5 Å². The van der Waals surface area contributed by atoms with Crippen LogP contribution in [0, 0.1) is 5.41 Å². The summed E-state index contributed by atoms with van der Waals surface area (Å²) in [5, 5.41) is 19.9. The van der Waals surface area contributed by atoms with E-state index >= 15 is 0 Å². The van der Waals surface area contributed by atoms with Gasteiger partial charge in [-0.05, 0) is 23.6 Å². The van der Waals surface area contributed by atoms with Crippen LogP contribution < -0.4 is 5.32 Å². The molecule has 2 heterocycles. The summed E-state index contributed by atoms with van der Waals surface area (Å²) in [6, 6.07) is 8.43. The SMILES string of the molecule is CC(C)(C)[C@@H](Cn1ccnc1)NC(=O)c1cc(-c2ccccc2O)n[nH]1. The van der Waals surface area contributed by atoms with Crippen LogP contribution in [0.3, 0.4) is 0 Å². The van der Waals surface area contributed by atoms with Gasteiger partial charge in [0.25, 0.3) is 5.91 Å². The number of benzene rings is 1. The average Bonchev–Trinajstić information content (AvgIpc) is 3.25. The number of phenols is 1. The van der Waals surface area contributed by atoms with Gasteiger partial charge >= 0.3 is 0 Å². The highest BCUT2D eigenvalue weighted by Crippen LogP contribution is 2.27. The van der Waals surface area contributed by atoms with Gasteiger partial charge in [-0.15, -0.1) is 0 Å². The number of nitrogens with one attached hydrogen (secondary N) is 2. The number of imidazole rings is 1. The molecule has 0 aliphatic rings. The molecule has 0 bridgehead atoms. The van der Waals surface area contributed by atoms with Gasteiger partial charge < -0.3 is 15.0 Å². The van der Waals surface area contributed by atoms with Gasteiger partial charge in [-0.3, -0.25) is 9.89 Å². The number of H-pyrrole nitrogens is 1. The van der Waals surface area contributed by atoms with E-state index in [1.54, 1.807) is 36.8 Å². The summed E-state index contributed by atoms with van der Waals surface area (Å²) in [6.07, 6.45) is 5.32. The zero-order chi connectivity index (χ0) is 18.7. The third kappa shape index (κ3) is 3.93. The van der Waals surface area contributed by atoms with Crippen LogP contribution in [0.1, 0.15) is 31.3 Å². The number of phenolic OH excluding ortho intramolecular Hbond substituents is 1. The minimum atomic E-state index is -0.237. The van der Waals surface area contributed by atoms with Gasteiger partial charge in [-0.25, -0.2) is 4.98 Å². The summed E-state index contributed by atoms with van der Waals surface area (Å²) in [5.74, 6) is -0.113. The number of carbonyl (C=O) groups excluding carboxylic acids is 1. The van der Waals surface area contributed by atoms with Crippen molar-refractivity contribution in [1.82, 2.24) is 25.1 Å². The van der Waals surface area contributed by atoms with Gasteiger partial charge in [0.15, 0.2) is 0 Å². The number of amides is 1. The number of hydrogen-bond acceptors (Lipinski definition) is 4. The van der Waals surface area contributed by atoms with Crippen LogP contribution in [0.2, 0.25) is 0 Å². The van der Waals surface area contributed by atoms with Crippen molar-refractivity contribution in [2.45, 2.75) is 33.4 Å². The monoisotopic (exact) mass is 353 g/mol. The minimum Gasteiger partial charge on any atom is -0.507 e. The van der Waals surface area contributed by atoms with Crippen LogP contribution in [0.25, 0.3) is 11.3 Å². The molecule has 3 rings (SSSR count). The van der Waals surface area contributed by atoms with Crippen LogP contribution in [0.5, 0.6) is 5.75 Å². The fourth-order valence-electron chi connectivity index (χ4n) is 2.64. The van der Waals surface area contributed by atoms with Gasteiger partial charge in [0, 0.05) is 24.5 Å². The molecule has 0 spiro atoms. The first kappa shape index (κ1) is 17.7. The third-order valence-electron chi connectivity index (χ3n) is 4.31. The Morgan fingerprint density at radius 2 is 2.12 bits per heavy atom. The number of rotatable bonds is 5. The van der Waals surface area contributed by atoms with Crippen LogP contribution in [-0.4, -0.2) is 36.8 Å². The highest BCUT2D eigenvalue weighted by molar-refractivity contribution is 5.93. The number of nitrogens with zero attached hydrogens (tertiary/aromatic N) is 3. The Kier molecular flexibility index (Phi) is 4.79. The van der Waals surface area contributed by atoms with Crippen LogP contribution >= 0.6 is 0 Å². The second-order valence-corrected chi connectivity index (χ2v) is 7.34. The molecule has 136 valence electrons. The Morgan fingerprint density at radius 1 is 1.35 bits per heavy atom. The average molecular weight is 353 g/mol. The van der Waals surface area contributed by atoms with E-state index in [-0.39, 0.29) is 23.1 Å². The third-order valence-corrected chi connectivity index (χ3v) is 4.31. The summed E-state index contributed by atoms with van der Waals surface area (Å²) in [4.78, 5) is 16.7. The lowest BCUT2D eigenvalue weighted by Crippen LogP contribution is -2.46. The maximum absolute atomic E-state index is 12.7. The summed E-state index contributed by atoms with van der Waals surface area (Å²) in [5.41, 5.74) is 1.31. The zero-order valence-electron chi connectivity index (χ0n) is 15.1. The van der Waals surface area contributed by atoms with Crippen molar-refractivity contribution in [1.29, 1.82) is 0 Å². The summed E-state index contributed by atoms with van der Waals surface area (Å²) in [6.45, 7) is 6.86. The summed E-state index contributed by atoms with van der Waals surface area (Å²) >= 11 is 0. The number of para-hydroxylation sites is 1. The molecule has 1 atom stereocenters. The molecule has 3 aromatic rings. The largest absolute Gasteiger partial charge is 0.507 e. The van der Waals surface area contributed by atoms with Crippen LogP contribution in [0.4, 0.5) is 0 Å². The molecule has 2 aromatic heterocycles. The Labute approximate surface area is 152 Å². The fourth-order valence-corrected chi connectivity index (χ4v) is 2.64. The molecule has 0 saturated carbocycles. The molecule has 0 fully saturated rings. The molecule has 0 radical (unpaired) electrons. The minimum absolute atomic E-state index is 0.0962. The number of hydrogen-bond donors (Lipinski definition) is 3. The molecule has 26 heavy (non-hydrogen) atoms. The van der Waals surface area contributed by atoms with Crippen molar-refractivity contribution in [2.24, 2.45) is 5.41 Å². The Morgan fingerprint density at radius 3 is 2.77 bits per heavy atom. The van der Waals surface area contributed by atoms with Crippen molar-refractivity contribution in [3.63, 3.8) is 0 Å². The lowest BCUT2D eigenvalue weighted by Gasteiger charge is -2.31. The van der Waals surface area contributed by atoms with Gasteiger partial charge in [0.1, 0.15) is 11.4 Å². The Bertz CT molecular complexity index is 877. The predicted octanol–water partition coefficient (Wildman–Crippen LogP) is 2.82. The Hall–Kier alpha value is -3.09. The maximum Gasteiger partial charge on any atom is 0.269 e. The molecule has 0 unspecified atom stereocenters. The summed E-state index contributed by atoms with van der Waals surface area (Å²) < 4.78 is 1.94. The van der Waals surface area contributed by atoms with Gasteiger partial charge in [-0.1, -0.05) is 32.9 Å². The molecule has 7 heteroatoms. The topological polar surface area (TPSA) is 95.8 Å². The van der Waals surface area contributed by atoms with Crippen molar-refractivity contribution in [3.8, 4) is 17.0 Å². The van der Waals surface area contributed by atoms with Crippen molar-refractivity contribution in [2.75, 3.05) is 0 Å². The molecule has 0 aliphatic heterocycles. The molecule has 1 amide bonds. The number of carbonyl (C=O) groups is 1. The molecule has 1 aromatic carbocycles. The second kappa shape index (κ2) is 7.03. The quantitative estimate of drug-likeness (QED) is 0.657. The van der Waals surface area contributed by atoms with E-state index in [1.165, 1.54) is 0 Å². The number of aromatic hydroxyl groups is 1. The van der Waals surface area contributed by atoms with Crippen LogP contribution in [0.15, 0.2) is 49.1 Å². The zero-order valence-corrected chi connectivity index (χ0v) is 15.1. The number of aromatic nitrogens is 4. The van der Waals surface area contributed by atoms with Crippen molar-refractivity contribution < 1.29 is 9.90 Å². The van der Waals surface area contributed by atoms with E-state index < -0.39 is 0 Å². The highest BCUT2D eigenvalue weighted by Gasteiger charge is 2.27. The molecule has 0 saturated heterocycles. The first-order valence-electron chi connectivity index (χ1n) is 8.45. The molecule has 0 aliphatic carbocycles. The molecule has 3 N–H and O–H groups in total. The van der Waals surface area contributed by atoms with E-state index in [4.69, 9.17) is 0 Å². The van der Waals surface area contributed by atoms with E-state index in [9.17, 15) is 9.90 Å². The fraction of sp³-hybridized carbons (Fsp3) is 0.316. The molecular weight excluding hydrogens is 330 g/mol. The van der Waals surface area contributed by atoms with Gasteiger partial charge in [0.2, 0.25) is 0 Å². The maximum atomic E-state index is 12.7. The predicted molar refractivity (Wildman–Crippen MR) is 98.6 cm³/mol. The standard InChI is InChI=1S/C19H23N5O2/c1-19(2,3)17(11-24-9-8-20-12-24)21-18(26)15-10-14(22-23-15)13-6-4-5-7-16(13)25/h4-10,12,17,25H,11H2,1-3H3,(H,21,26)(H,22,23)/t17-/m1/s1. The lowest BCUT2D eigenvalue weighted by molar-refractivity contribution is 0.0887. The van der Waals surface area contributed by atoms with Gasteiger partial charge in [-0.2, -0.15) is 5.10 Å².